The van der Waals surface area contributed by atoms with Crippen molar-refractivity contribution in [1.29, 1.82) is 0 Å². The minimum atomic E-state index is -1.26. The second-order valence-corrected chi connectivity index (χ2v) is 5.00. The molecule has 0 aliphatic heterocycles. The van der Waals surface area contributed by atoms with Crippen molar-refractivity contribution in [2.45, 2.75) is 6.04 Å². The van der Waals surface area contributed by atoms with Crippen molar-refractivity contribution in [3.8, 4) is 0 Å². The molecule has 0 radical (unpaired) electrons. The number of aliphatic hydroxyl groups excluding tert-OH is 1. The standard InChI is InChI=1S/C14H11BrF3NO/c15-9-3-1-2-4-13(9)19-14(7-20)8-5-11(17)12(18)6-10(8)16/h1-6,14,19-20H,7H2. The van der Waals surface area contributed by atoms with Crippen LogP contribution in [0.3, 0.4) is 0 Å². The van der Waals surface area contributed by atoms with Gasteiger partial charge in [0.05, 0.1) is 12.6 Å². The smallest absolute Gasteiger partial charge is 0.161 e. The highest BCUT2D eigenvalue weighted by molar-refractivity contribution is 9.10. The monoisotopic (exact) mass is 345 g/mol. The molecule has 106 valence electrons. The third-order valence-electron chi connectivity index (χ3n) is 2.80. The summed E-state index contributed by atoms with van der Waals surface area (Å²) in [6, 6.07) is 7.35. The van der Waals surface area contributed by atoms with Crippen molar-refractivity contribution < 1.29 is 18.3 Å². The zero-order valence-corrected chi connectivity index (χ0v) is 11.8. The lowest BCUT2D eigenvalue weighted by atomic mass is 10.1. The Bertz CT molecular complexity index is 621. The number of halogens is 4. The SMILES string of the molecule is OCC(Nc1ccccc1Br)c1cc(F)c(F)cc1F. The van der Waals surface area contributed by atoms with Gasteiger partial charge in [0.1, 0.15) is 5.82 Å². The van der Waals surface area contributed by atoms with Crippen LogP contribution in [0.25, 0.3) is 0 Å². The van der Waals surface area contributed by atoms with Gasteiger partial charge in [-0.2, -0.15) is 0 Å². The molecule has 0 aliphatic rings. The van der Waals surface area contributed by atoms with Crippen LogP contribution in [0, 0.1) is 17.5 Å². The molecule has 2 aromatic rings. The van der Waals surface area contributed by atoms with Gasteiger partial charge in [0.25, 0.3) is 0 Å². The lowest BCUT2D eigenvalue weighted by Gasteiger charge is -2.19. The number of hydrogen-bond donors (Lipinski definition) is 2. The third-order valence-corrected chi connectivity index (χ3v) is 3.49. The maximum atomic E-state index is 13.7. The Morgan fingerprint density at radius 3 is 2.35 bits per heavy atom. The second-order valence-electron chi connectivity index (χ2n) is 4.15. The van der Waals surface area contributed by atoms with E-state index in [0.717, 1.165) is 6.07 Å². The normalized spacial score (nSPS) is 12.2. The molecule has 0 aliphatic carbocycles. The van der Waals surface area contributed by atoms with Crippen molar-refractivity contribution in [2.24, 2.45) is 0 Å². The summed E-state index contributed by atoms with van der Waals surface area (Å²) in [4.78, 5) is 0. The Morgan fingerprint density at radius 1 is 1.05 bits per heavy atom. The average molecular weight is 346 g/mol. The largest absolute Gasteiger partial charge is 0.394 e. The molecule has 0 heterocycles. The number of hydrogen-bond acceptors (Lipinski definition) is 2. The van der Waals surface area contributed by atoms with Crippen LogP contribution in [0.1, 0.15) is 11.6 Å². The molecule has 20 heavy (non-hydrogen) atoms. The summed E-state index contributed by atoms with van der Waals surface area (Å²) in [5, 5.41) is 12.2. The van der Waals surface area contributed by atoms with E-state index >= 15 is 0 Å². The molecule has 0 saturated heterocycles. The lowest BCUT2D eigenvalue weighted by molar-refractivity contribution is 0.273. The summed E-state index contributed by atoms with van der Waals surface area (Å²) < 4.78 is 40.5. The minimum absolute atomic E-state index is 0.137. The van der Waals surface area contributed by atoms with Crippen LogP contribution in [-0.4, -0.2) is 11.7 Å². The van der Waals surface area contributed by atoms with Gasteiger partial charge in [-0.25, -0.2) is 13.2 Å². The maximum absolute atomic E-state index is 13.7. The van der Waals surface area contributed by atoms with Crippen molar-refractivity contribution in [1.82, 2.24) is 0 Å². The molecule has 0 amide bonds. The van der Waals surface area contributed by atoms with E-state index in [1.165, 1.54) is 0 Å². The lowest BCUT2D eigenvalue weighted by Crippen LogP contribution is -2.17. The Kier molecular flexibility index (Phi) is 4.67. The van der Waals surface area contributed by atoms with Gasteiger partial charge in [-0.1, -0.05) is 12.1 Å². The summed E-state index contributed by atoms with van der Waals surface area (Å²) in [6.45, 7) is -0.469. The number of benzene rings is 2. The van der Waals surface area contributed by atoms with E-state index in [2.05, 4.69) is 21.2 Å². The van der Waals surface area contributed by atoms with E-state index in [1.54, 1.807) is 24.3 Å². The number of nitrogens with one attached hydrogen (secondary N) is 1. The first kappa shape index (κ1) is 14.9. The molecule has 2 aromatic carbocycles. The Balaban J connectivity index is 2.34. The van der Waals surface area contributed by atoms with Crippen LogP contribution < -0.4 is 5.32 Å². The van der Waals surface area contributed by atoms with Crippen LogP contribution in [0.4, 0.5) is 18.9 Å². The number of para-hydroxylation sites is 1. The van der Waals surface area contributed by atoms with E-state index < -0.39 is 30.1 Å². The molecule has 0 bridgehead atoms. The van der Waals surface area contributed by atoms with Crippen LogP contribution in [-0.2, 0) is 0 Å². The first-order valence-electron chi connectivity index (χ1n) is 5.79. The van der Waals surface area contributed by atoms with Gasteiger partial charge < -0.3 is 10.4 Å². The second kappa shape index (κ2) is 6.28. The fourth-order valence-corrected chi connectivity index (χ4v) is 2.19. The average Bonchev–Trinajstić information content (AvgIpc) is 2.42. The van der Waals surface area contributed by atoms with Gasteiger partial charge in [-0.15, -0.1) is 0 Å². The van der Waals surface area contributed by atoms with E-state index in [4.69, 9.17) is 0 Å². The van der Waals surface area contributed by atoms with Gasteiger partial charge in [0.15, 0.2) is 11.6 Å². The summed E-state index contributed by atoms with van der Waals surface area (Å²) >= 11 is 3.30. The molecule has 2 rings (SSSR count). The molecule has 2 nitrogen and oxygen atoms in total. The van der Waals surface area contributed by atoms with Crippen molar-refractivity contribution in [3.63, 3.8) is 0 Å². The predicted molar refractivity (Wildman–Crippen MR) is 73.9 cm³/mol. The molecule has 0 fully saturated rings. The van der Waals surface area contributed by atoms with E-state index in [-0.39, 0.29) is 5.56 Å². The first-order valence-corrected chi connectivity index (χ1v) is 6.58. The van der Waals surface area contributed by atoms with Gasteiger partial charge in [0.2, 0.25) is 0 Å². The molecule has 1 atom stereocenters. The topological polar surface area (TPSA) is 32.3 Å². The van der Waals surface area contributed by atoms with Crippen LogP contribution in [0.5, 0.6) is 0 Å². The fraction of sp³-hybridized carbons (Fsp3) is 0.143. The highest BCUT2D eigenvalue weighted by atomic mass is 79.9. The van der Waals surface area contributed by atoms with Crippen LogP contribution in [0.15, 0.2) is 40.9 Å². The Labute approximate surface area is 122 Å². The predicted octanol–water partition coefficient (Wildman–Crippen LogP) is 4.01. The molecule has 1 unspecified atom stereocenters. The minimum Gasteiger partial charge on any atom is -0.394 e. The fourth-order valence-electron chi connectivity index (χ4n) is 1.79. The highest BCUT2D eigenvalue weighted by Crippen LogP contribution is 2.28. The van der Waals surface area contributed by atoms with Gasteiger partial charge in [-0.3, -0.25) is 0 Å². The Morgan fingerprint density at radius 2 is 1.70 bits per heavy atom. The van der Waals surface area contributed by atoms with Crippen LogP contribution >= 0.6 is 15.9 Å². The maximum Gasteiger partial charge on any atom is 0.161 e. The summed E-state index contributed by atoms with van der Waals surface area (Å²) in [7, 11) is 0. The number of aliphatic hydroxyl groups is 1. The summed E-state index contributed by atoms with van der Waals surface area (Å²) in [5.74, 6) is -3.33. The van der Waals surface area contributed by atoms with Gasteiger partial charge in [-0.05, 0) is 34.1 Å². The first-order chi connectivity index (χ1) is 9.52. The molecule has 0 aromatic heterocycles. The molecule has 0 spiro atoms. The third kappa shape index (κ3) is 3.13. The number of rotatable bonds is 4. The molecule has 6 heteroatoms. The van der Waals surface area contributed by atoms with Gasteiger partial charge >= 0.3 is 0 Å². The Hall–Kier alpha value is -1.53. The highest BCUT2D eigenvalue weighted by Gasteiger charge is 2.19. The molecular formula is C14H11BrF3NO. The molecular weight excluding hydrogens is 335 g/mol. The van der Waals surface area contributed by atoms with Crippen LogP contribution in [0.2, 0.25) is 0 Å². The summed E-state index contributed by atoms with van der Waals surface area (Å²) in [5.41, 5.74) is 0.470. The quantitative estimate of drug-likeness (QED) is 0.820. The zero-order chi connectivity index (χ0) is 14.7. The van der Waals surface area contributed by atoms with Crippen molar-refractivity contribution in [3.05, 3.63) is 63.9 Å². The van der Waals surface area contributed by atoms with Gasteiger partial charge in [0, 0.05) is 21.8 Å². The summed E-state index contributed by atoms with van der Waals surface area (Å²) in [6.07, 6.45) is 0. The van der Waals surface area contributed by atoms with E-state index in [1.807, 2.05) is 0 Å². The van der Waals surface area contributed by atoms with Crippen molar-refractivity contribution in [2.75, 3.05) is 11.9 Å². The van der Waals surface area contributed by atoms with E-state index in [0.29, 0.717) is 16.2 Å². The van der Waals surface area contributed by atoms with Crippen molar-refractivity contribution >= 4 is 21.6 Å². The molecule has 0 saturated carbocycles. The van der Waals surface area contributed by atoms with E-state index in [9.17, 15) is 18.3 Å². The number of anilines is 1. The zero-order valence-electron chi connectivity index (χ0n) is 10.2. The molecule has 2 N–H and O–H groups in total.